The Morgan fingerprint density at radius 2 is 1.77 bits per heavy atom. The quantitative estimate of drug-likeness (QED) is 0.870. The van der Waals surface area contributed by atoms with E-state index in [4.69, 9.17) is 0 Å². The monoisotopic (exact) mass is 361 g/mol. The number of nitrogens with one attached hydrogen (secondary N) is 1. The minimum Gasteiger partial charge on any atom is -0.370 e. The van der Waals surface area contributed by atoms with Gasteiger partial charge in [-0.05, 0) is 31.5 Å². The molecule has 2 rings (SSSR count). The van der Waals surface area contributed by atoms with Crippen LogP contribution in [0.4, 0.5) is 15.3 Å². The minimum absolute atomic E-state index is 0.00167. The normalized spacial score (nSPS) is 14.2. The number of hydrogen-bond donors (Lipinski definition) is 1. The molecular weight excluding hydrogens is 330 g/mol. The molecule has 7 heteroatoms. The van der Waals surface area contributed by atoms with Gasteiger partial charge in [-0.15, -0.1) is 0 Å². The average Bonchev–Trinajstić information content (AvgIpc) is 2.64. The zero-order chi connectivity index (χ0) is 19.1. The van der Waals surface area contributed by atoms with Crippen molar-refractivity contribution < 1.29 is 9.59 Å². The summed E-state index contributed by atoms with van der Waals surface area (Å²) in [4.78, 5) is 31.7. The van der Waals surface area contributed by atoms with Gasteiger partial charge in [-0.25, -0.2) is 9.59 Å². The maximum absolute atomic E-state index is 12.4. The zero-order valence-corrected chi connectivity index (χ0v) is 16.4. The van der Waals surface area contributed by atoms with Crippen LogP contribution in [0.1, 0.15) is 12.5 Å². The highest BCUT2D eigenvalue weighted by Crippen LogP contribution is 2.15. The largest absolute Gasteiger partial charge is 0.370 e. The number of amides is 4. The smallest absolute Gasteiger partial charge is 0.319 e. The third kappa shape index (κ3) is 5.28. The van der Waals surface area contributed by atoms with Crippen molar-refractivity contribution in [2.24, 2.45) is 0 Å². The molecule has 1 aliphatic rings. The second-order valence-electron chi connectivity index (χ2n) is 6.80. The molecule has 1 aliphatic heterocycles. The van der Waals surface area contributed by atoms with Crippen molar-refractivity contribution >= 4 is 17.7 Å². The van der Waals surface area contributed by atoms with Crippen LogP contribution in [0.3, 0.4) is 0 Å². The highest BCUT2D eigenvalue weighted by atomic mass is 16.2. The third-order valence-electron chi connectivity index (χ3n) is 4.63. The second-order valence-corrected chi connectivity index (χ2v) is 6.80. The molecule has 7 nitrogen and oxygen atoms in total. The van der Waals surface area contributed by atoms with Crippen LogP contribution in [0.25, 0.3) is 0 Å². The number of piperazine rings is 1. The fourth-order valence-corrected chi connectivity index (χ4v) is 3.09. The summed E-state index contributed by atoms with van der Waals surface area (Å²) in [5.74, 6) is 0. The van der Waals surface area contributed by atoms with E-state index in [0.29, 0.717) is 32.7 Å². The predicted octanol–water partition coefficient (Wildman–Crippen LogP) is 1.83. The molecule has 1 N–H and O–H groups in total. The summed E-state index contributed by atoms with van der Waals surface area (Å²) >= 11 is 0. The molecule has 26 heavy (non-hydrogen) atoms. The number of rotatable bonds is 5. The average molecular weight is 361 g/mol. The van der Waals surface area contributed by atoms with E-state index in [1.165, 1.54) is 11.3 Å². The summed E-state index contributed by atoms with van der Waals surface area (Å²) in [6.45, 7) is 8.75. The van der Waals surface area contributed by atoms with Crippen LogP contribution in [-0.2, 0) is 0 Å². The van der Waals surface area contributed by atoms with Gasteiger partial charge in [0.05, 0.1) is 0 Å². The van der Waals surface area contributed by atoms with Crippen molar-refractivity contribution in [3.8, 4) is 0 Å². The van der Waals surface area contributed by atoms with E-state index in [1.54, 1.807) is 28.8 Å². The Kier molecular flexibility index (Phi) is 7.12. The van der Waals surface area contributed by atoms with Crippen LogP contribution in [0.2, 0.25) is 0 Å². The van der Waals surface area contributed by atoms with E-state index in [9.17, 15) is 9.59 Å². The standard InChI is InChI=1S/C19H31N5O2/c1-5-22(17-8-6-7-16(2)15-17)10-9-20-18(25)23-11-13-24(14-12-23)19(26)21(3)4/h6-8,15H,5,9-14H2,1-4H3,(H,20,25). The van der Waals surface area contributed by atoms with E-state index >= 15 is 0 Å². The van der Waals surface area contributed by atoms with E-state index in [1.807, 2.05) is 0 Å². The molecule has 4 amide bonds. The predicted molar refractivity (Wildman–Crippen MR) is 105 cm³/mol. The second kappa shape index (κ2) is 9.31. The molecule has 1 heterocycles. The van der Waals surface area contributed by atoms with Crippen molar-refractivity contribution in [2.75, 3.05) is 64.8 Å². The van der Waals surface area contributed by atoms with Gasteiger partial charge in [0.2, 0.25) is 0 Å². The Morgan fingerprint density at radius 3 is 2.35 bits per heavy atom. The van der Waals surface area contributed by atoms with Crippen LogP contribution in [0, 0.1) is 6.92 Å². The summed E-state index contributed by atoms with van der Waals surface area (Å²) in [5, 5.41) is 3.00. The van der Waals surface area contributed by atoms with Gasteiger partial charge in [-0.1, -0.05) is 12.1 Å². The molecule has 0 aromatic heterocycles. The summed E-state index contributed by atoms with van der Waals surface area (Å²) in [7, 11) is 3.49. The van der Waals surface area contributed by atoms with Crippen molar-refractivity contribution in [1.29, 1.82) is 0 Å². The number of nitrogens with zero attached hydrogens (tertiary/aromatic N) is 4. The summed E-state index contributed by atoms with van der Waals surface area (Å²) in [6.07, 6.45) is 0. The lowest BCUT2D eigenvalue weighted by molar-refractivity contribution is 0.129. The molecule has 1 saturated heterocycles. The number of urea groups is 2. The van der Waals surface area contributed by atoms with Crippen molar-refractivity contribution in [1.82, 2.24) is 20.0 Å². The molecule has 0 bridgehead atoms. The summed E-state index contributed by atoms with van der Waals surface area (Å²) in [6, 6.07) is 8.34. The maximum atomic E-state index is 12.4. The van der Waals surface area contributed by atoms with E-state index in [-0.39, 0.29) is 12.1 Å². The number of hydrogen-bond acceptors (Lipinski definition) is 3. The molecule has 1 fully saturated rings. The van der Waals surface area contributed by atoms with Crippen LogP contribution in [0.15, 0.2) is 24.3 Å². The van der Waals surface area contributed by atoms with Crippen LogP contribution in [-0.4, -0.2) is 86.7 Å². The minimum atomic E-state index is -0.0535. The van der Waals surface area contributed by atoms with Crippen molar-refractivity contribution in [2.45, 2.75) is 13.8 Å². The zero-order valence-electron chi connectivity index (χ0n) is 16.4. The van der Waals surface area contributed by atoms with Crippen molar-refractivity contribution in [3.05, 3.63) is 29.8 Å². The van der Waals surface area contributed by atoms with Gasteiger partial charge in [-0.2, -0.15) is 0 Å². The fourth-order valence-electron chi connectivity index (χ4n) is 3.09. The fraction of sp³-hybridized carbons (Fsp3) is 0.579. The molecule has 0 saturated carbocycles. The number of carbonyl (C=O) groups is 2. The molecule has 0 spiro atoms. The summed E-state index contributed by atoms with van der Waals surface area (Å²) in [5.41, 5.74) is 2.41. The molecule has 0 aliphatic carbocycles. The first kappa shape index (κ1) is 19.9. The van der Waals surface area contributed by atoms with E-state index in [0.717, 1.165) is 13.1 Å². The third-order valence-corrected chi connectivity index (χ3v) is 4.63. The first-order valence-corrected chi connectivity index (χ1v) is 9.23. The molecule has 0 radical (unpaired) electrons. The molecule has 0 unspecified atom stereocenters. The molecule has 1 aromatic carbocycles. The maximum Gasteiger partial charge on any atom is 0.319 e. The molecule has 0 atom stereocenters. The number of carbonyl (C=O) groups excluding carboxylic acids is 2. The number of benzene rings is 1. The Hall–Kier alpha value is -2.44. The molecule has 144 valence electrons. The Labute approximate surface area is 156 Å². The van der Waals surface area contributed by atoms with Gasteiger partial charge in [0.15, 0.2) is 0 Å². The Balaban J connectivity index is 1.76. The number of likely N-dealkylation sites (N-methyl/N-ethyl adjacent to an activating group) is 1. The SMILES string of the molecule is CCN(CCNC(=O)N1CCN(C(=O)N(C)C)CC1)c1cccc(C)c1. The first-order valence-electron chi connectivity index (χ1n) is 9.23. The van der Waals surface area contributed by atoms with Crippen LogP contribution >= 0.6 is 0 Å². The van der Waals surface area contributed by atoms with Gasteiger partial charge >= 0.3 is 12.1 Å². The molecule has 1 aromatic rings. The van der Waals surface area contributed by atoms with E-state index < -0.39 is 0 Å². The lowest BCUT2D eigenvalue weighted by Crippen LogP contribution is -2.55. The highest BCUT2D eigenvalue weighted by Gasteiger charge is 2.24. The summed E-state index contributed by atoms with van der Waals surface area (Å²) < 4.78 is 0. The Bertz CT molecular complexity index is 612. The lowest BCUT2D eigenvalue weighted by atomic mass is 10.2. The molecular formula is C19H31N5O2. The van der Waals surface area contributed by atoms with E-state index in [2.05, 4.69) is 48.3 Å². The van der Waals surface area contributed by atoms with Crippen molar-refractivity contribution in [3.63, 3.8) is 0 Å². The van der Waals surface area contributed by atoms with Gasteiger partial charge in [0.1, 0.15) is 0 Å². The number of anilines is 1. The topological polar surface area (TPSA) is 59.1 Å². The first-order chi connectivity index (χ1) is 12.4. The van der Waals surface area contributed by atoms with Gasteiger partial charge < -0.3 is 24.9 Å². The highest BCUT2D eigenvalue weighted by molar-refractivity contribution is 5.76. The van der Waals surface area contributed by atoms with Gasteiger partial charge in [0, 0.05) is 65.6 Å². The van der Waals surface area contributed by atoms with Gasteiger partial charge in [-0.3, -0.25) is 0 Å². The van der Waals surface area contributed by atoms with Crippen LogP contribution in [0.5, 0.6) is 0 Å². The van der Waals surface area contributed by atoms with Gasteiger partial charge in [0.25, 0.3) is 0 Å². The Morgan fingerprint density at radius 1 is 1.12 bits per heavy atom. The lowest BCUT2D eigenvalue weighted by Gasteiger charge is -2.36. The van der Waals surface area contributed by atoms with Crippen LogP contribution < -0.4 is 10.2 Å². The number of aryl methyl sites for hydroxylation is 1.